The SMILES string of the molecule is CC1=NC2CC=CC=C2C=C1. The number of nitrogens with zero attached hydrogens (tertiary/aromatic N) is 1. The maximum absolute atomic E-state index is 4.51. The monoisotopic (exact) mass is 145 g/mol. The van der Waals surface area contributed by atoms with Gasteiger partial charge in [-0.2, -0.15) is 0 Å². The van der Waals surface area contributed by atoms with Crippen LogP contribution in [0.4, 0.5) is 0 Å². The molecular weight excluding hydrogens is 134 g/mol. The molecule has 1 aliphatic heterocycles. The van der Waals surface area contributed by atoms with Gasteiger partial charge in [-0.05, 0) is 25.0 Å². The van der Waals surface area contributed by atoms with E-state index in [0.29, 0.717) is 6.04 Å². The van der Waals surface area contributed by atoms with Crippen molar-refractivity contribution < 1.29 is 0 Å². The first kappa shape index (κ1) is 6.59. The lowest BCUT2D eigenvalue weighted by atomic mass is 9.96. The van der Waals surface area contributed by atoms with Crippen molar-refractivity contribution >= 4 is 5.71 Å². The Labute approximate surface area is 66.8 Å². The van der Waals surface area contributed by atoms with Gasteiger partial charge in [-0.3, -0.25) is 4.99 Å². The predicted octanol–water partition coefficient (Wildman–Crippen LogP) is 2.27. The Morgan fingerprint density at radius 2 is 2.36 bits per heavy atom. The summed E-state index contributed by atoms with van der Waals surface area (Å²) < 4.78 is 0. The van der Waals surface area contributed by atoms with Crippen molar-refractivity contribution in [2.24, 2.45) is 4.99 Å². The van der Waals surface area contributed by atoms with Gasteiger partial charge in [0.2, 0.25) is 0 Å². The van der Waals surface area contributed by atoms with E-state index in [-0.39, 0.29) is 0 Å². The minimum atomic E-state index is 0.407. The van der Waals surface area contributed by atoms with Crippen LogP contribution in [0.2, 0.25) is 0 Å². The van der Waals surface area contributed by atoms with Crippen LogP contribution in [0.15, 0.2) is 40.9 Å². The number of hydrogen-bond donors (Lipinski definition) is 0. The lowest BCUT2D eigenvalue weighted by molar-refractivity contribution is 0.789. The number of allylic oxidation sites excluding steroid dienone is 3. The third-order valence-electron chi connectivity index (χ3n) is 2.05. The Morgan fingerprint density at radius 3 is 3.27 bits per heavy atom. The molecule has 0 saturated carbocycles. The molecule has 0 aromatic rings. The van der Waals surface area contributed by atoms with Gasteiger partial charge in [0.15, 0.2) is 0 Å². The number of hydrogen-bond acceptors (Lipinski definition) is 1. The van der Waals surface area contributed by atoms with Gasteiger partial charge in [0.1, 0.15) is 0 Å². The van der Waals surface area contributed by atoms with E-state index in [9.17, 15) is 0 Å². The molecule has 1 heterocycles. The van der Waals surface area contributed by atoms with E-state index in [4.69, 9.17) is 0 Å². The first-order chi connectivity index (χ1) is 5.36. The van der Waals surface area contributed by atoms with Crippen molar-refractivity contribution in [3.8, 4) is 0 Å². The fourth-order valence-electron chi connectivity index (χ4n) is 1.43. The average Bonchev–Trinajstić information content (AvgIpc) is 2.04. The van der Waals surface area contributed by atoms with Gasteiger partial charge in [0, 0.05) is 5.71 Å². The summed E-state index contributed by atoms with van der Waals surface area (Å²) in [5, 5.41) is 0. The largest absolute Gasteiger partial charge is 0.282 e. The number of dihydropyridines is 1. The summed E-state index contributed by atoms with van der Waals surface area (Å²) in [5.41, 5.74) is 2.49. The van der Waals surface area contributed by atoms with Gasteiger partial charge in [-0.25, -0.2) is 0 Å². The predicted molar refractivity (Wildman–Crippen MR) is 47.9 cm³/mol. The zero-order valence-corrected chi connectivity index (χ0v) is 6.62. The highest BCUT2D eigenvalue weighted by Crippen LogP contribution is 2.20. The second kappa shape index (κ2) is 2.50. The molecule has 2 rings (SSSR count). The molecular formula is C10H11N. The van der Waals surface area contributed by atoms with Crippen molar-refractivity contribution in [3.05, 3.63) is 36.0 Å². The first-order valence-corrected chi connectivity index (χ1v) is 3.95. The lowest BCUT2D eigenvalue weighted by Crippen LogP contribution is -2.13. The summed E-state index contributed by atoms with van der Waals surface area (Å²) in [7, 11) is 0. The molecule has 0 spiro atoms. The quantitative estimate of drug-likeness (QED) is 0.496. The molecule has 0 amide bonds. The maximum atomic E-state index is 4.51. The van der Waals surface area contributed by atoms with Crippen LogP contribution in [0.3, 0.4) is 0 Å². The molecule has 0 N–H and O–H groups in total. The number of fused-ring (bicyclic) bond motifs is 1. The fraction of sp³-hybridized carbons (Fsp3) is 0.300. The topological polar surface area (TPSA) is 12.4 Å². The maximum Gasteiger partial charge on any atom is 0.0786 e. The van der Waals surface area contributed by atoms with E-state index in [1.165, 1.54) is 5.57 Å². The van der Waals surface area contributed by atoms with Gasteiger partial charge in [0.05, 0.1) is 6.04 Å². The van der Waals surface area contributed by atoms with Crippen molar-refractivity contribution in [1.82, 2.24) is 0 Å². The van der Waals surface area contributed by atoms with Crippen LogP contribution in [-0.2, 0) is 0 Å². The van der Waals surface area contributed by atoms with Gasteiger partial charge in [-0.15, -0.1) is 0 Å². The molecule has 1 heteroatoms. The highest BCUT2D eigenvalue weighted by atomic mass is 14.8. The second-order valence-electron chi connectivity index (χ2n) is 2.95. The van der Waals surface area contributed by atoms with Gasteiger partial charge in [0.25, 0.3) is 0 Å². The first-order valence-electron chi connectivity index (χ1n) is 3.95. The smallest absolute Gasteiger partial charge is 0.0786 e. The van der Waals surface area contributed by atoms with Crippen LogP contribution in [-0.4, -0.2) is 11.8 Å². The average molecular weight is 145 g/mol. The Hall–Kier alpha value is -1.11. The van der Waals surface area contributed by atoms with E-state index in [2.05, 4.69) is 35.4 Å². The minimum absolute atomic E-state index is 0.407. The Morgan fingerprint density at radius 1 is 1.45 bits per heavy atom. The molecule has 0 aromatic carbocycles. The third-order valence-corrected chi connectivity index (χ3v) is 2.05. The Kier molecular flexibility index (Phi) is 1.50. The van der Waals surface area contributed by atoms with Crippen molar-refractivity contribution in [3.63, 3.8) is 0 Å². The van der Waals surface area contributed by atoms with E-state index >= 15 is 0 Å². The highest BCUT2D eigenvalue weighted by molar-refractivity contribution is 5.94. The van der Waals surface area contributed by atoms with Crippen LogP contribution >= 0.6 is 0 Å². The van der Waals surface area contributed by atoms with E-state index in [0.717, 1.165) is 12.1 Å². The van der Waals surface area contributed by atoms with Crippen LogP contribution in [0, 0.1) is 0 Å². The summed E-state index contributed by atoms with van der Waals surface area (Å²) in [5.74, 6) is 0. The van der Waals surface area contributed by atoms with Crippen molar-refractivity contribution in [2.45, 2.75) is 19.4 Å². The van der Waals surface area contributed by atoms with Gasteiger partial charge in [-0.1, -0.05) is 24.3 Å². The summed E-state index contributed by atoms with van der Waals surface area (Å²) in [4.78, 5) is 4.51. The second-order valence-corrected chi connectivity index (χ2v) is 2.95. The van der Waals surface area contributed by atoms with Crippen molar-refractivity contribution in [2.75, 3.05) is 0 Å². The Bertz CT molecular complexity index is 279. The third kappa shape index (κ3) is 1.18. The molecule has 56 valence electrons. The molecule has 1 atom stereocenters. The molecule has 11 heavy (non-hydrogen) atoms. The summed E-state index contributed by atoms with van der Waals surface area (Å²) in [6.45, 7) is 2.05. The Balaban J connectivity index is 2.33. The van der Waals surface area contributed by atoms with E-state index in [1.807, 2.05) is 6.92 Å². The summed E-state index contributed by atoms with van der Waals surface area (Å²) in [6, 6.07) is 0.407. The summed E-state index contributed by atoms with van der Waals surface area (Å²) >= 11 is 0. The zero-order valence-electron chi connectivity index (χ0n) is 6.62. The van der Waals surface area contributed by atoms with Gasteiger partial charge < -0.3 is 0 Å². The van der Waals surface area contributed by atoms with Gasteiger partial charge >= 0.3 is 0 Å². The molecule has 0 fully saturated rings. The summed E-state index contributed by atoms with van der Waals surface area (Å²) in [6.07, 6.45) is 11.7. The standard InChI is InChI=1S/C10H11N/c1-8-6-7-9-4-2-3-5-10(9)11-8/h2-4,6-7,10H,5H2,1H3. The molecule has 1 aliphatic carbocycles. The van der Waals surface area contributed by atoms with Crippen LogP contribution in [0.1, 0.15) is 13.3 Å². The number of rotatable bonds is 0. The molecule has 1 unspecified atom stereocenters. The van der Waals surface area contributed by atoms with Crippen LogP contribution < -0.4 is 0 Å². The normalized spacial score (nSPS) is 27.5. The minimum Gasteiger partial charge on any atom is -0.282 e. The van der Waals surface area contributed by atoms with Crippen LogP contribution in [0.25, 0.3) is 0 Å². The van der Waals surface area contributed by atoms with E-state index < -0.39 is 0 Å². The molecule has 0 bridgehead atoms. The molecule has 0 aromatic heterocycles. The zero-order chi connectivity index (χ0) is 7.68. The van der Waals surface area contributed by atoms with Crippen molar-refractivity contribution in [1.29, 1.82) is 0 Å². The highest BCUT2D eigenvalue weighted by Gasteiger charge is 2.13. The van der Waals surface area contributed by atoms with Crippen LogP contribution in [0.5, 0.6) is 0 Å². The lowest BCUT2D eigenvalue weighted by Gasteiger charge is -2.18. The molecule has 1 nitrogen and oxygen atoms in total. The molecule has 0 radical (unpaired) electrons. The fourth-order valence-corrected chi connectivity index (χ4v) is 1.43. The molecule has 2 aliphatic rings. The molecule has 0 saturated heterocycles. The number of aliphatic imine (C=N–C) groups is 1. The van der Waals surface area contributed by atoms with E-state index in [1.54, 1.807) is 0 Å².